The third-order valence-corrected chi connectivity index (χ3v) is 7.18. The summed E-state index contributed by atoms with van der Waals surface area (Å²) in [6.07, 6.45) is 2.74. The average molecular weight is 470 g/mol. The van der Waals surface area contributed by atoms with E-state index in [1.165, 1.54) is 12.1 Å². The van der Waals surface area contributed by atoms with Crippen LogP contribution in [0.15, 0.2) is 42.5 Å². The van der Waals surface area contributed by atoms with Crippen LogP contribution in [0, 0.1) is 5.82 Å². The van der Waals surface area contributed by atoms with Crippen LogP contribution in [0.3, 0.4) is 0 Å². The number of aromatic nitrogens is 1. The van der Waals surface area contributed by atoms with Crippen LogP contribution in [0.1, 0.15) is 57.7 Å². The molecule has 0 spiro atoms. The zero-order valence-corrected chi connectivity index (χ0v) is 19.8. The Bertz CT molecular complexity index is 1190. The second-order valence-corrected chi connectivity index (χ2v) is 10.2. The molecule has 0 saturated heterocycles. The molecular weight excluding hydrogens is 437 g/mol. The van der Waals surface area contributed by atoms with Gasteiger partial charge >= 0.3 is 5.97 Å². The third kappa shape index (κ3) is 4.30. The number of aliphatic carboxylic acids is 1. The molecule has 1 aromatic heterocycles. The summed E-state index contributed by atoms with van der Waals surface area (Å²) in [5.41, 5.74) is 2.40. The van der Waals surface area contributed by atoms with Crippen LogP contribution in [0.2, 0.25) is 0 Å². The van der Waals surface area contributed by atoms with Gasteiger partial charge in [0.15, 0.2) is 0 Å². The summed E-state index contributed by atoms with van der Waals surface area (Å²) in [5, 5.41) is 31.1. The second kappa shape index (κ2) is 9.04. The molecule has 0 amide bonds. The fourth-order valence-corrected chi connectivity index (χ4v) is 5.32. The molecule has 1 saturated carbocycles. The molecule has 0 atom stereocenters. The average Bonchev–Trinajstić information content (AvgIpc) is 3.17. The van der Waals surface area contributed by atoms with Crippen LogP contribution in [-0.2, 0) is 20.4 Å². The summed E-state index contributed by atoms with van der Waals surface area (Å²) in [6.45, 7) is 5.67. The van der Waals surface area contributed by atoms with Crippen LogP contribution in [0.25, 0.3) is 16.6 Å². The van der Waals surface area contributed by atoms with E-state index in [-0.39, 0.29) is 36.3 Å². The van der Waals surface area contributed by atoms with Crippen LogP contribution in [-0.4, -0.2) is 45.2 Å². The minimum atomic E-state index is -0.979. The minimum Gasteiger partial charge on any atom is -0.507 e. The normalized spacial score (nSPS) is 21.1. The summed E-state index contributed by atoms with van der Waals surface area (Å²) in [6, 6.07) is 11.6. The SMILES string of the molecule is CC(C)(CO)c1c([C@]2(C)CC[C@H](OCC(=O)O)CC2)c2c(O)cccc2n1-c1ccc(F)cc1. The number of carbonyl (C=O) groups is 1. The Kier molecular flexibility index (Phi) is 6.44. The van der Waals surface area contributed by atoms with Crippen LogP contribution in [0.4, 0.5) is 4.39 Å². The molecule has 1 heterocycles. The van der Waals surface area contributed by atoms with E-state index in [0.29, 0.717) is 12.8 Å². The monoisotopic (exact) mass is 469 g/mol. The number of carboxylic acid groups (broad SMARTS) is 1. The molecule has 0 bridgehead atoms. The highest BCUT2D eigenvalue weighted by Gasteiger charge is 2.42. The molecule has 182 valence electrons. The highest BCUT2D eigenvalue weighted by Crippen LogP contribution is 2.50. The van der Waals surface area contributed by atoms with E-state index in [4.69, 9.17) is 9.84 Å². The Morgan fingerprint density at radius 1 is 1.18 bits per heavy atom. The zero-order chi connectivity index (χ0) is 24.7. The predicted molar refractivity (Wildman–Crippen MR) is 128 cm³/mol. The maximum atomic E-state index is 13.7. The first-order valence-corrected chi connectivity index (χ1v) is 11.6. The van der Waals surface area contributed by atoms with Crippen LogP contribution < -0.4 is 0 Å². The van der Waals surface area contributed by atoms with Crippen molar-refractivity contribution in [2.45, 2.75) is 63.4 Å². The number of benzene rings is 2. The van der Waals surface area contributed by atoms with E-state index >= 15 is 0 Å². The maximum Gasteiger partial charge on any atom is 0.329 e. The number of aliphatic hydroxyl groups is 1. The van der Waals surface area contributed by atoms with Crippen molar-refractivity contribution in [1.29, 1.82) is 0 Å². The lowest BCUT2D eigenvalue weighted by Gasteiger charge is -2.40. The number of carboxylic acids is 1. The molecule has 4 rings (SSSR count). The van der Waals surface area contributed by atoms with Gasteiger partial charge in [-0.3, -0.25) is 0 Å². The number of aromatic hydroxyl groups is 1. The van der Waals surface area contributed by atoms with Crippen molar-refractivity contribution in [3.63, 3.8) is 0 Å². The van der Waals surface area contributed by atoms with Gasteiger partial charge in [0.1, 0.15) is 18.2 Å². The number of hydrogen-bond donors (Lipinski definition) is 3. The molecule has 7 heteroatoms. The zero-order valence-electron chi connectivity index (χ0n) is 19.8. The lowest BCUT2D eigenvalue weighted by atomic mass is 9.67. The molecule has 0 unspecified atom stereocenters. The molecule has 3 aromatic rings. The lowest BCUT2D eigenvalue weighted by molar-refractivity contribution is -0.145. The molecule has 3 N–H and O–H groups in total. The topological polar surface area (TPSA) is 91.9 Å². The standard InChI is InChI=1S/C27H32FNO5/c1-26(2,16-30)25-24(27(3)13-11-19(12-14-27)34-15-22(32)33)23-20(5-4-6-21(23)31)29(25)18-9-7-17(28)8-10-18/h4-10,19,30-31H,11-16H2,1-3H3,(H,32,33)/t19-,27+. The van der Waals surface area contributed by atoms with Crippen molar-refractivity contribution < 1.29 is 29.2 Å². The maximum absolute atomic E-state index is 13.7. The predicted octanol–water partition coefficient (Wildman–Crippen LogP) is 5.05. The molecule has 2 aromatic carbocycles. The van der Waals surface area contributed by atoms with E-state index in [1.54, 1.807) is 24.3 Å². The van der Waals surface area contributed by atoms with Gasteiger partial charge in [0.2, 0.25) is 0 Å². The summed E-state index contributed by atoms with van der Waals surface area (Å²) in [4.78, 5) is 10.9. The molecule has 0 aliphatic heterocycles. The van der Waals surface area contributed by atoms with E-state index in [2.05, 4.69) is 6.92 Å². The Morgan fingerprint density at radius 2 is 1.82 bits per heavy atom. The van der Waals surface area contributed by atoms with Gasteiger partial charge in [-0.15, -0.1) is 0 Å². The number of phenols is 1. The fraction of sp³-hybridized carbons (Fsp3) is 0.444. The molecule has 1 aliphatic carbocycles. The summed E-state index contributed by atoms with van der Waals surface area (Å²) in [5.74, 6) is -1.15. The van der Waals surface area contributed by atoms with Crippen molar-refractivity contribution in [1.82, 2.24) is 4.57 Å². The quantitative estimate of drug-likeness (QED) is 0.451. The molecule has 0 radical (unpaired) electrons. The van der Waals surface area contributed by atoms with Gasteiger partial charge < -0.3 is 24.6 Å². The smallest absolute Gasteiger partial charge is 0.329 e. The van der Waals surface area contributed by atoms with Crippen LogP contribution in [0.5, 0.6) is 5.75 Å². The summed E-state index contributed by atoms with van der Waals surface area (Å²) >= 11 is 0. The number of nitrogens with zero attached hydrogens (tertiary/aromatic N) is 1. The lowest BCUT2D eigenvalue weighted by Crippen LogP contribution is -2.36. The number of rotatable bonds is 7. The van der Waals surface area contributed by atoms with Gasteiger partial charge in [0.05, 0.1) is 18.2 Å². The van der Waals surface area contributed by atoms with Crippen molar-refractivity contribution in [2.24, 2.45) is 0 Å². The second-order valence-electron chi connectivity index (χ2n) is 10.2. The molecular formula is C27H32FNO5. The third-order valence-electron chi connectivity index (χ3n) is 7.18. The minimum absolute atomic E-state index is 0.112. The van der Waals surface area contributed by atoms with Crippen molar-refractivity contribution >= 4 is 16.9 Å². The van der Waals surface area contributed by atoms with E-state index in [1.807, 2.05) is 24.5 Å². The van der Waals surface area contributed by atoms with Gasteiger partial charge in [0, 0.05) is 22.2 Å². The highest BCUT2D eigenvalue weighted by molar-refractivity contribution is 5.94. The van der Waals surface area contributed by atoms with E-state index in [0.717, 1.165) is 40.7 Å². The van der Waals surface area contributed by atoms with E-state index in [9.17, 15) is 19.4 Å². The number of hydrogen-bond acceptors (Lipinski definition) is 4. The highest BCUT2D eigenvalue weighted by atomic mass is 19.1. The van der Waals surface area contributed by atoms with Crippen molar-refractivity contribution in [3.05, 3.63) is 59.5 Å². The van der Waals surface area contributed by atoms with Gasteiger partial charge in [-0.05, 0) is 73.1 Å². The molecule has 34 heavy (non-hydrogen) atoms. The van der Waals surface area contributed by atoms with Crippen LogP contribution >= 0.6 is 0 Å². The first-order valence-electron chi connectivity index (χ1n) is 11.6. The fourth-order valence-electron chi connectivity index (χ4n) is 5.32. The molecule has 1 aliphatic rings. The number of aliphatic hydroxyl groups excluding tert-OH is 1. The number of halogens is 1. The first kappa shape index (κ1) is 24.2. The summed E-state index contributed by atoms with van der Waals surface area (Å²) in [7, 11) is 0. The Morgan fingerprint density at radius 3 is 2.41 bits per heavy atom. The van der Waals surface area contributed by atoms with Gasteiger partial charge in [-0.25, -0.2) is 9.18 Å². The van der Waals surface area contributed by atoms with Gasteiger partial charge in [-0.1, -0.05) is 26.8 Å². The van der Waals surface area contributed by atoms with Crippen molar-refractivity contribution in [2.75, 3.05) is 13.2 Å². The van der Waals surface area contributed by atoms with E-state index < -0.39 is 11.4 Å². The Hall–Kier alpha value is -2.90. The van der Waals surface area contributed by atoms with Gasteiger partial charge in [0.25, 0.3) is 0 Å². The Balaban J connectivity index is 1.92. The molecule has 6 nitrogen and oxygen atoms in total. The largest absolute Gasteiger partial charge is 0.507 e. The number of phenolic OH excluding ortho intramolecular Hbond substituents is 1. The van der Waals surface area contributed by atoms with Gasteiger partial charge in [-0.2, -0.15) is 0 Å². The number of ether oxygens (including phenoxy) is 1. The first-order chi connectivity index (χ1) is 16.1. The molecule has 1 fully saturated rings. The Labute approximate surface area is 198 Å². The summed E-state index contributed by atoms with van der Waals surface area (Å²) < 4.78 is 21.3. The number of fused-ring (bicyclic) bond motifs is 1. The van der Waals surface area contributed by atoms with Crippen molar-refractivity contribution in [3.8, 4) is 11.4 Å².